The van der Waals surface area contributed by atoms with Gasteiger partial charge in [-0.05, 0) is 45.3 Å². The number of aliphatic hydroxyl groups excluding tert-OH is 1. The van der Waals surface area contributed by atoms with Crippen molar-refractivity contribution in [2.45, 2.75) is 49.7 Å². The molecule has 1 aliphatic carbocycles. The molecule has 0 radical (unpaired) electrons. The van der Waals surface area contributed by atoms with Gasteiger partial charge in [0, 0.05) is 43.1 Å². The molecule has 1 spiro atoms. The third kappa shape index (κ3) is 3.55. The first-order valence-corrected chi connectivity index (χ1v) is 9.92. The smallest absolute Gasteiger partial charge is 0.163 e. The van der Waals surface area contributed by atoms with Crippen LogP contribution in [0.5, 0.6) is 0 Å². The first kappa shape index (κ1) is 18.6. The highest BCUT2D eigenvalue weighted by Gasteiger charge is 2.49. The van der Waals surface area contributed by atoms with E-state index in [2.05, 4.69) is 69.1 Å². The fourth-order valence-electron chi connectivity index (χ4n) is 4.94. The summed E-state index contributed by atoms with van der Waals surface area (Å²) in [6, 6.07) is 10.9. The van der Waals surface area contributed by atoms with Crippen LogP contribution in [0.4, 0.5) is 0 Å². The molecule has 2 aromatic rings. The first-order valence-electron chi connectivity index (χ1n) is 9.92. The van der Waals surface area contributed by atoms with Crippen molar-refractivity contribution in [3.63, 3.8) is 0 Å². The number of rotatable bonds is 5. The molecule has 1 saturated heterocycles. The zero-order chi connectivity index (χ0) is 18.9. The Kier molecular flexibility index (Phi) is 5.07. The summed E-state index contributed by atoms with van der Waals surface area (Å²) in [6.07, 6.45) is 9.37. The molecule has 1 aromatic carbocycles. The summed E-state index contributed by atoms with van der Waals surface area (Å²) < 4.78 is 2.06. The quantitative estimate of drug-likeness (QED) is 0.842. The van der Waals surface area contributed by atoms with Crippen LogP contribution in [0.25, 0.3) is 0 Å². The molecule has 1 saturated carbocycles. The zero-order valence-corrected chi connectivity index (χ0v) is 16.4. The van der Waals surface area contributed by atoms with Gasteiger partial charge in [0.2, 0.25) is 0 Å². The topological polar surface area (TPSA) is 56.6 Å². The second-order valence-corrected chi connectivity index (χ2v) is 8.36. The largest absolute Gasteiger partial charge is 0.365 e. The number of nitrogens with one attached hydrogen (secondary N) is 1. The van der Waals surface area contributed by atoms with Gasteiger partial charge in [-0.2, -0.15) is 0 Å². The van der Waals surface area contributed by atoms with E-state index in [1.54, 1.807) is 6.20 Å². The summed E-state index contributed by atoms with van der Waals surface area (Å²) in [5.41, 5.74) is 1.51. The highest BCUT2D eigenvalue weighted by Crippen LogP contribution is 2.46. The van der Waals surface area contributed by atoms with Crippen molar-refractivity contribution in [3.8, 4) is 0 Å². The number of aliphatic hydroxyl groups is 1. The molecule has 1 unspecified atom stereocenters. The molecule has 1 aromatic heterocycles. The minimum Gasteiger partial charge on any atom is -0.365 e. The monoisotopic (exact) mass is 369 g/mol. The lowest BCUT2D eigenvalue weighted by Gasteiger charge is -2.49. The lowest BCUT2D eigenvalue weighted by Crippen LogP contribution is -2.54. The van der Waals surface area contributed by atoms with Crippen molar-refractivity contribution in [2.75, 3.05) is 27.2 Å². The molecule has 1 aliphatic heterocycles. The molecular weight excluding hydrogens is 338 g/mol. The van der Waals surface area contributed by atoms with Gasteiger partial charge in [0.15, 0.2) is 6.35 Å². The van der Waals surface area contributed by atoms with E-state index < -0.39 is 6.35 Å². The average molecular weight is 370 g/mol. The van der Waals surface area contributed by atoms with E-state index in [-0.39, 0.29) is 11.1 Å². The number of aromatic nitrogens is 2. The summed E-state index contributed by atoms with van der Waals surface area (Å²) in [5.74, 6) is 0. The normalized spacial score (nSPS) is 31.8. The SMILES string of the molecule is CN(C)[C@]1(c2ccccc2)CC[C@]2(CC1)CN(CCn1ccnc1)C(O)N2. The Bertz CT molecular complexity index is 722. The second-order valence-electron chi connectivity index (χ2n) is 8.36. The van der Waals surface area contributed by atoms with Crippen LogP contribution < -0.4 is 5.32 Å². The molecule has 4 rings (SSSR count). The Morgan fingerprint density at radius 2 is 1.89 bits per heavy atom. The van der Waals surface area contributed by atoms with Crippen molar-refractivity contribution in [2.24, 2.45) is 0 Å². The highest BCUT2D eigenvalue weighted by molar-refractivity contribution is 5.26. The molecule has 2 aliphatic rings. The summed E-state index contributed by atoms with van der Waals surface area (Å²) in [6.45, 7) is 2.57. The number of hydrogen-bond acceptors (Lipinski definition) is 5. The van der Waals surface area contributed by atoms with Gasteiger partial charge in [0.25, 0.3) is 0 Å². The van der Waals surface area contributed by atoms with Crippen LogP contribution in [0.2, 0.25) is 0 Å². The van der Waals surface area contributed by atoms with E-state index in [0.717, 1.165) is 45.3 Å². The zero-order valence-electron chi connectivity index (χ0n) is 16.4. The Balaban J connectivity index is 1.43. The molecule has 27 heavy (non-hydrogen) atoms. The summed E-state index contributed by atoms with van der Waals surface area (Å²) in [5, 5.41) is 14.1. The van der Waals surface area contributed by atoms with Crippen molar-refractivity contribution in [3.05, 3.63) is 54.6 Å². The minimum atomic E-state index is -0.558. The fourth-order valence-corrected chi connectivity index (χ4v) is 4.94. The number of hydrogen-bond donors (Lipinski definition) is 2. The summed E-state index contributed by atoms with van der Waals surface area (Å²) in [4.78, 5) is 8.64. The third-order valence-electron chi connectivity index (χ3n) is 6.69. The van der Waals surface area contributed by atoms with Crippen LogP contribution in [0.15, 0.2) is 49.1 Å². The molecule has 146 valence electrons. The maximum absolute atomic E-state index is 10.6. The molecule has 2 fully saturated rings. The van der Waals surface area contributed by atoms with Crippen LogP contribution in [0, 0.1) is 0 Å². The van der Waals surface area contributed by atoms with Crippen LogP contribution in [-0.4, -0.2) is 63.5 Å². The molecule has 0 amide bonds. The van der Waals surface area contributed by atoms with Crippen molar-refractivity contribution in [1.82, 2.24) is 24.7 Å². The lowest BCUT2D eigenvalue weighted by molar-refractivity contribution is 0.0153. The number of imidazole rings is 1. The fraction of sp³-hybridized carbons (Fsp3) is 0.571. The van der Waals surface area contributed by atoms with Gasteiger partial charge in [-0.25, -0.2) is 4.98 Å². The van der Waals surface area contributed by atoms with Gasteiger partial charge >= 0.3 is 0 Å². The Morgan fingerprint density at radius 3 is 2.52 bits per heavy atom. The van der Waals surface area contributed by atoms with Gasteiger partial charge in [-0.3, -0.25) is 15.1 Å². The maximum Gasteiger partial charge on any atom is 0.163 e. The lowest BCUT2D eigenvalue weighted by atomic mass is 9.69. The third-order valence-corrected chi connectivity index (χ3v) is 6.69. The average Bonchev–Trinajstić information content (AvgIpc) is 3.29. The van der Waals surface area contributed by atoms with Crippen molar-refractivity contribution < 1.29 is 5.11 Å². The Labute approximate surface area is 161 Å². The van der Waals surface area contributed by atoms with E-state index in [1.807, 2.05) is 12.5 Å². The van der Waals surface area contributed by atoms with Gasteiger partial charge in [0.05, 0.1) is 6.33 Å². The van der Waals surface area contributed by atoms with Crippen LogP contribution in [0.3, 0.4) is 0 Å². The minimum absolute atomic E-state index is 0.0165. The van der Waals surface area contributed by atoms with Gasteiger partial charge in [0.1, 0.15) is 0 Å². The second kappa shape index (κ2) is 7.36. The summed E-state index contributed by atoms with van der Waals surface area (Å²) in [7, 11) is 4.39. The van der Waals surface area contributed by atoms with Gasteiger partial charge in [-0.1, -0.05) is 30.3 Å². The molecular formula is C21H31N5O. The molecule has 2 N–H and O–H groups in total. The van der Waals surface area contributed by atoms with E-state index >= 15 is 0 Å². The number of nitrogens with zero attached hydrogens (tertiary/aromatic N) is 4. The molecule has 0 bridgehead atoms. The van der Waals surface area contributed by atoms with Gasteiger partial charge in [-0.15, -0.1) is 0 Å². The molecule has 2 heterocycles. The predicted molar refractivity (Wildman–Crippen MR) is 106 cm³/mol. The highest BCUT2D eigenvalue weighted by atomic mass is 16.3. The Hall–Kier alpha value is -1.73. The summed E-state index contributed by atoms with van der Waals surface area (Å²) >= 11 is 0. The Morgan fingerprint density at radius 1 is 1.15 bits per heavy atom. The van der Waals surface area contributed by atoms with Crippen molar-refractivity contribution >= 4 is 0 Å². The first-order chi connectivity index (χ1) is 13.0. The van der Waals surface area contributed by atoms with E-state index in [4.69, 9.17) is 0 Å². The molecule has 6 nitrogen and oxygen atoms in total. The van der Waals surface area contributed by atoms with Crippen molar-refractivity contribution in [1.29, 1.82) is 0 Å². The van der Waals surface area contributed by atoms with Crippen LogP contribution >= 0.6 is 0 Å². The van der Waals surface area contributed by atoms with Crippen LogP contribution in [-0.2, 0) is 12.1 Å². The molecule has 1 atom stereocenters. The number of benzene rings is 1. The maximum atomic E-state index is 10.6. The van der Waals surface area contributed by atoms with E-state index in [0.29, 0.717) is 0 Å². The van der Waals surface area contributed by atoms with Crippen LogP contribution in [0.1, 0.15) is 31.2 Å². The van der Waals surface area contributed by atoms with Gasteiger partial charge < -0.3 is 9.67 Å². The predicted octanol–water partition coefficient (Wildman–Crippen LogP) is 1.83. The standard InChI is InChI=1S/C21H31N5O/c1-24(2)21(18-6-4-3-5-7-18)10-8-20(9-11-21)16-26(19(27)23-20)15-14-25-13-12-22-17-25/h3-7,12-13,17,19,23,27H,8-11,14-16H2,1-2H3/t19?,20-,21+. The molecule has 6 heteroatoms. The van der Waals surface area contributed by atoms with E-state index in [1.165, 1.54) is 5.56 Å². The van der Waals surface area contributed by atoms with E-state index in [9.17, 15) is 5.11 Å².